The summed E-state index contributed by atoms with van der Waals surface area (Å²) in [5.74, 6) is 1.27. The summed E-state index contributed by atoms with van der Waals surface area (Å²) >= 11 is 0. The molecule has 130 valence electrons. The number of anilines is 1. The van der Waals surface area contributed by atoms with Crippen LogP contribution in [0, 0.1) is 10.1 Å². The van der Waals surface area contributed by atoms with Crippen molar-refractivity contribution in [2.24, 2.45) is 0 Å². The Hall–Kier alpha value is -2.70. The van der Waals surface area contributed by atoms with E-state index >= 15 is 0 Å². The molecule has 0 amide bonds. The second kappa shape index (κ2) is 6.66. The summed E-state index contributed by atoms with van der Waals surface area (Å²) in [5, 5.41) is 11.5. The van der Waals surface area contributed by atoms with Gasteiger partial charge in [-0.05, 0) is 43.4 Å². The van der Waals surface area contributed by atoms with Crippen molar-refractivity contribution in [1.29, 1.82) is 0 Å². The minimum absolute atomic E-state index is 0.000151. The number of hydrogen-bond acceptors (Lipinski definition) is 6. The van der Waals surface area contributed by atoms with Crippen LogP contribution in [0.5, 0.6) is 5.75 Å². The third-order valence-corrected chi connectivity index (χ3v) is 4.86. The topological polar surface area (TPSA) is 81.4 Å². The number of nitrogens with zero attached hydrogens (tertiary/aromatic N) is 4. The Kier molecular flexibility index (Phi) is 4.21. The van der Waals surface area contributed by atoms with E-state index in [2.05, 4.69) is 9.97 Å². The molecule has 25 heavy (non-hydrogen) atoms. The van der Waals surface area contributed by atoms with E-state index in [-0.39, 0.29) is 16.7 Å². The molecule has 1 fully saturated rings. The van der Waals surface area contributed by atoms with Gasteiger partial charge in [0.15, 0.2) is 0 Å². The number of pyridine rings is 2. The predicted molar refractivity (Wildman–Crippen MR) is 93.0 cm³/mol. The van der Waals surface area contributed by atoms with E-state index in [4.69, 9.17) is 4.74 Å². The maximum atomic E-state index is 11.5. The third-order valence-electron chi connectivity index (χ3n) is 4.86. The summed E-state index contributed by atoms with van der Waals surface area (Å²) in [4.78, 5) is 21.9. The molecule has 1 aliphatic heterocycles. The highest BCUT2D eigenvalue weighted by atomic mass is 16.6. The molecule has 0 spiro atoms. The molecular weight excluding hydrogens is 320 g/mol. The minimum atomic E-state index is -0.311. The lowest BCUT2D eigenvalue weighted by Crippen LogP contribution is -2.26. The van der Waals surface area contributed by atoms with Crippen molar-refractivity contribution in [2.45, 2.75) is 38.2 Å². The van der Waals surface area contributed by atoms with Gasteiger partial charge in [-0.15, -0.1) is 0 Å². The second-order valence-corrected chi connectivity index (χ2v) is 6.56. The molecule has 0 N–H and O–H groups in total. The molecule has 2 aliphatic rings. The van der Waals surface area contributed by atoms with Crippen LogP contribution in [0.4, 0.5) is 11.5 Å². The number of rotatable bonds is 4. The highest BCUT2D eigenvalue weighted by molar-refractivity contribution is 5.61. The average Bonchev–Trinajstić information content (AvgIpc) is 3.09. The SMILES string of the molecule is O=[N+]([O-])c1cc2c(nc1N1CC[C@@H](Oc3ccncc3)C1)CCCC2. The summed E-state index contributed by atoms with van der Waals surface area (Å²) in [7, 11) is 0. The van der Waals surface area contributed by atoms with Crippen LogP contribution in [0.2, 0.25) is 0 Å². The molecular formula is C18H20N4O3. The van der Waals surface area contributed by atoms with Gasteiger partial charge >= 0.3 is 5.69 Å². The smallest absolute Gasteiger partial charge is 0.311 e. The molecule has 7 nitrogen and oxygen atoms in total. The van der Waals surface area contributed by atoms with E-state index in [1.165, 1.54) is 0 Å². The number of ether oxygens (including phenoxy) is 1. The Bertz CT molecular complexity index is 781. The van der Waals surface area contributed by atoms with Crippen molar-refractivity contribution in [1.82, 2.24) is 9.97 Å². The number of aryl methyl sites for hydroxylation is 2. The predicted octanol–water partition coefficient (Wildman–Crippen LogP) is 2.92. The molecule has 2 aromatic heterocycles. The Morgan fingerprint density at radius 3 is 2.84 bits per heavy atom. The molecule has 3 heterocycles. The molecule has 0 radical (unpaired) electrons. The third kappa shape index (κ3) is 3.26. The molecule has 0 unspecified atom stereocenters. The zero-order chi connectivity index (χ0) is 17.2. The van der Waals surface area contributed by atoms with Crippen LogP contribution >= 0.6 is 0 Å². The summed E-state index contributed by atoms with van der Waals surface area (Å²) in [6.07, 6.45) is 8.18. The Morgan fingerprint density at radius 2 is 2.04 bits per heavy atom. The standard InChI is InChI=1S/C18H20N4O3/c23-22(24)17-11-13-3-1-2-4-16(13)20-18(17)21-10-7-15(12-21)25-14-5-8-19-9-6-14/h5-6,8-9,11,15H,1-4,7,10,12H2/t15-/m1/s1. The maximum Gasteiger partial charge on any atom is 0.311 e. The van der Waals surface area contributed by atoms with E-state index in [0.29, 0.717) is 18.9 Å². The van der Waals surface area contributed by atoms with Crippen molar-refractivity contribution in [3.8, 4) is 5.75 Å². The van der Waals surface area contributed by atoms with Crippen LogP contribution in [0.15, 0.2) is 30.6 Å². The highest BCUT2D eigenvalue weighted by Gasteiger charge is 2.31. The lowest BCUT2D eigenvalue weighted by atomic mass is 9.95. The molecule has 0 saturated carbocycles. The first-order valence-corrected chi connectivity index (χ1v) is 8.69. The zero-order valence-electron chi connectivity index (χ0n) is 13.9. The number of hydrogen-bond donors (Lipinski definition) is 0. The van der Waals surface area contributed by atoms with Gasteiger partial charge in [0.25, 0.3) is 0 Å². The summed E-state index contributed by atoms with van der Waals surface area (Å²) in [6.45, 7) is 1.32. The van der Waals surface area contributed by atoms with Gasteiger partial charge in [-0.25, -0.2) is 4.98 Å². The molecule has 1 aliphatic carbocycles. The normalized spacial score (nSPS) is 19.5. The Balaban J connectivity index is 1.56. The first kappa shape index (κ1) is 15.8. The van der Waals surface area contributed by atoms with Gasteiger partial charge in [0.1, 0.15) is 11.9 Å². The van der Waals surface area contributed by atoms with Crippen molar-refractivity contribution in [3.63, 3.8) is 0 Å². The summed E-state index contributed by atoms with van der Waals surface area (Å²) in [5.41, 5.74) is 2.17. The van der Waals surface area contributed by atoms with Crippen LogP contribution in [0.25, 0.3) is 0 Å². The molecule has 0 bridgehead atoms. The van der Waals surface area contributed by atoms with Crippen LogP contribution in [0.1, 0.15) is 30.5 Å². The second-order valence-electron chi connectivity index (χ2n) is 6.56. The van der Waals surface area contributed by atoms with Crippen LogP contribution in [-0.2, 0) is 12.8 Å². The molecule has 1 atom stereocenters. The van der Waals surface area contributed by atoms with Gasteiger partial charge in [-0.2, -0.15) is 0 Å². The maximum absolute atomic E-state index is 11.5. The van der Waals surface area contributed by atoms with E-state index in [1.54, 1.807) is 18.5 Å². The fraction of sp³-hybridized carbons (Fsp3) is 0.444. The number of fused-ring (bicyclic) bond motifs is 1. The van der Waals surface area contributed by atoms with Gasteiger partial charge < -0.3 is 9.64 Å². The molecule has 1 saturated heterocycles. The zero-order valence-corrected chi connectivity index (χ0v) is 13.9. The Morgan fingerprint density at radius 1 is 1.24 bits per heavy atom. The van der Waals surface area contributed by atoms with Crippen molar-refractivity contribution < 1.29 is 9.66 Å². The molecule has 2 aromatic rings. The first-order valence-electron chi connectivity index (χ1n) is 8.69. The van der Waals surface area contributed by atoms with Gasteiger partial charge in [0.05, 0.1) is 11.5 Å². The fourth-order valence-electron chi connectivity index (χ4n) is 3.60. The van der Waals surface area contributed by atoms with Gasteiger partial charge in [0.2, 0.25) is 5.82 Å². The van der Waals surface area contributed by atoms with Crippen molar-refractivity contribution in [3.05, 3.63) is 52.0 Å². The summed E-state index contributed by atoms with van der Waals surface area (Å²) < 4.78 is 5.96. The first-order chi connectivity index (χ1) is 12.2. The van der Waals surface area contributed by atoms with E-state index < -0.39 is 0 Å². The highest BCUT2D eigenvalue weighted by Crippen LogP contribution is 2.34. The van der Waals surface area contributed by atoms with Gasteiger partial charge in [0, 0.05) is 37.1 Å². The number of nitro groups is 1. The molecule has 7 heteroatoms. The monoisotopic (exact) mass is 340 g/mol. The van der Waals surface area contributed by atoms with Crippen molar-refractivity contribution >= 4 is 11.5 Å². The minimum Gasteiger partial charge on any atom is -0.488 e. The quantitative estimate of drug-likeness (QED) is 0.629. The summed E-state index contributed by atoms with van der Waals surface area (Å²) in [6, 6.07) is 5.37. The van der Waals surface area contributed by atoms with Gasteiger partial charge in [-0.3, -0.25) is 15.1 Å². The van der Waals surface area contributed by atoms with Crippen LogP contribution in [-0.4, -0.2) is 34.1 Å². The van der Waals surface area contributed by atoms with Crippen molar-refractivity contribution in [2.75, 3.05) is 18.0 Å². The largest absolute Gasteiger partial charge is 0.488 e. The van der Waals surface area contributed by atoms with Crippen LogP contribution < -0.4 is 9.64 Å². The van der Waals surface area contributed by atoms with E-state index in [9.17, 15) is 10.1 Å². The Labute approximate surface area is 145 Å². The lowest BCUT2D eigenvalue weighted by Gasteiger charge is -2.21. The molecule has 4 rings (SSSR count). The van der Waals surface area contributed by atoms with E-state index in [1.807, 2.05) is 17.0 Å². The van der Waals surface area contributed by atoms with Crippen LogP contribution in [0.3, 0.4) is 0 Å². The van der Waals surface area contributed by atoms with Gasteiger partial charge in [-0.1, -0.05) is 0 Å². The molecule has 0 aromatic carbocycles. The van der Waals surface area contributed by atoms with E-state index in [0.717, 1.165) is 49.1 Å². The number of aromatic nitrogens is 2. The fourth-order valence-corrected chi connectivity index (χ4v) is 3.60. The lowest BCUT2D eigenvalue weighted by molar-refractivity contribution is -0.384. The average molecular weight is 340 g/mol.